The molecule has 0 aliphatic rings. The van der Waals surface area contributed by atoms with Gasteiger partial charge in [0.05, 0.1) is 11.0 Å². The fourth-order valence-corrected chi connectivity index (χ4v) is 2.17. The van der Waals surface area contributed by atoms with Gasteiger partial charge in [-0.05, 0) is 56.4 Å². The van der Waals surface area contributed by atoms with Crippen LogP contribution in [0.5, 0.6) is 0 Å². The first kappa shape index (κ1) is 12.2. The average molecular weight is 230 g/mol. The molecule has 2 heteroatoms. The van der Waals surface area contributed by atoms with Crippen molar-refractivity contribution >= 4 is 11.0 Å². The van der Waals surface area contributed by atoms with Gasteiger partial charge in [0.2, 0.25) is 0 Å². The molecule has 0 aliphatic heterocycles. The fraction of sp³-hybridized carbons (Fsp3) is 0.533. The molecule has 0 saturated carbocycles. The minimum absolute atomic E-state index is 0.735. The molecule has 0 bridgehead atoms. The Morgan fingerprint density at radius 2 is 1.76 bits per heavy atom. The number of aryl methyl sites for hydroxylation is 4. The number of nitrogens with zero attached hydrogens (tertiary/aromatic N) is 2. The lowest BCUT2D eigenvalue weighted by Crippen LogP contribution is -2.03. The fourth-order valence-electron chi connectivity index (χ4n) is 2.17. The zero-order valence-corrected chi connectivity index (χ0v) is 11.5. The molecular weight excluding hydrogens is 208 g/mol. The van der Waals surface area contributed by atoms with Gasteiger partial charge in [0.25, 0.3) is 0 Å². The van der Waals surface area contributed by atoms with E-state index in [1.54, 1.807) is 0 Å². The molecule has 2 aromatic rings. The second-order valence-corrected chi connectivity index (χ2v) is 5.42. The second kappa shape index (κ2) is 4.52. The summed E-state index contributed by atoms with van der Waals surface area (Å²) in [5.74, 6) is 1.86. The Hall–Kier alpha value is -1.31. The molecular formula is C15H22N2. The largest absolute Gasteiger partial charge is 0.328 e. The third-order valence-corrected chi connectivity index (χ3v) is 3.48. The molecule has 0 aliphatic carbocycles. The van der Waals surface area contributed by atoms with Crippen LogP contribution in [-0.4, -0.2) is 9.55 Å². The Balaban J connectivity index is 2.47. The van der Waals surface area contributed by atoms with E-state index in [2.05, 4.69) is 56.3 Å². The molecule has 0 N–H and O–H groups in total. The standard InChI is InChI=1S/C15H22N2/c1-10(2)6-7-17-13(5)16-14-8-11(3)12(4)9-15(14)17/h8-10H,6-7H2,1-5H3. The maximum atomic E-state index is 4.66. The predicted molar refractivity (Wildman–Crippen MR) is 73.4 cm³/mol. The van der Waals surface area contributed by atoms with E-state index >= 15 is 0 Å². The normalized spacial score (nSPS) is 11.6. The van der Waals surface area contributed by atoms with Crippen molar-refractivity contribution in [3.63, 3.8) is 0 Å². The lowest BCUT2D eigenvalue weighted by Gasteiger charge is -2.09. The molecule has 2 rings (SSSR count). The Bertz CT molecular complexity index is 535. The van der Waals surface area contributed by atoms with E-state index in [1.807, 2.05) is 0 Å². The number of rotatable bonds is 3. The lowest BCUT2D eigenvalue weighted by atomic mass is 10.1. The Morgan fingerprint density at radius 1 is 1.12 bits per heavy atom. The highest BCUT2D eigenvalue weighted by molar-refractivity contribution is 5.78. The highest BCUT2D eigenvalue weighted by Gasteiger charge is 2.09. The van der Waals surface area contributed by atoms with Gasteiger partial charge in [0.15, 0.2) is 0 Å². The highest BCUT2D eigenvalue weighted by Crippen LogP contribution is 2.21. The van der Waals surface area contributed by atoms with Crippen LogP contribution in [0.1, 0.15) is 37.2 Å². The molecule has 2 nitrogen and oxygen atoms in total. The maximum Gasteiger partial charge on any atom is 0.106 e. The number of benzene rings is 1. The lowest BCUT2D eigenvalue weighted by molar-refractivity contribution is 0.517. The first-order valence-corrected chi connectivity index (χ1v) is 6.43. The average Bonchev–Trinajstić information content (AvgIpc) is 2.52. The van der Waals surface area contributed by atoms with Crippen LogP contribution in [0.15, 0.2) is 12.1 Å². The van der Waals surface area contributed by atoms with Crippen molar-refractivity contribution in [3.05, 3.63) is 29.1 Å². The molecule has 17 heavy (non-hydrogen) atoms. The predicted octanol–water partition coefficient (Wildman–Crippen LogP) is 4.01. The zero-order valence-electron chi connectivity index (χ0n) is 11.5. The van der Waals surface area contributed by atoms with Crippen molar-refractivity contribution in [3.8, 4) is 0 Å². The van der Waals surface area contributed by atoms with Crippen molar-refractivity contribution in [1.82, 2.24) is 9.55 Å². The highest BCUT2D eigenvalue weighted by atomic mass is 15.1. The smallest absolute Gasteiger partial charge is 0.106 e. The van der Waals surface area contributed by atoms with Crippen molar-refractivity contribution in [1.29, 1.82) is 0 Å². The Kier molecular flexibility index (Phi) is 3.23. The number of aromatic nitrogens is 2. The molecule has 0 fully saturated rings. The number of imidazole rings is 1. The summed E-state index contributed by atoms with van der Waals surface area (Å²) in [6.07, 6.45) is 1.21. The molecule has 0 spiro atoms. The van der Waals surface area contributed by atoms with E-state index in [1.165, 1.54) is 23.1 Å². The van der Waals surface area contributed by atoms with E-state index in [0.717, 1.165) is 23.8 Å². The van der Waals surface area contributed by atoms with Crippen LogP contribution in [-0.2, 0) is 6.54 Å². The van der Waals surface area contributed by atoms with Crippen LogP contribution in [0.3, 0.4) is 0 Å². The molecule has 1 aromatic carbocycles. The first-order valence-electron chi connectivity index (χ1n) is 6.43. The monoisotopic (exact) mass is 230 g/mol. The summed E-state index contributed by atoms with van der Waals surface area (Å²) in [6.45, 7) is 12.0. The molecule has 1 aromatic heterocycles. The molecule has 92 valence electrons. The van der Waals surface area contributed by atoms with Gasteiger partial charge in [-0.2, -0.15) is 0 Å². The summed E-state index contributed by atoms with van der Waals surface area (Å²) in [5.41, 5.74) is 5.09. The third-order valence-electron chi connectivity index (χ3n) is 3.48. The topological polar surface area (TPSA) is 17.8 Å². The SMILES string of the molecule is Cc1cc2nc(C)n(CCC(C)C)c2cc1C. The van der Waals surface area contributed by atoms with E-state index in [9.17, 15) is 0 Å². The molecule has 0 amide bonds. The quantitative estimate of drug-likeness (QED) is 0.779. The summed E-state index contributed by atoms with van der Waals surface area (Å²) in [5, 5.41) is 0. The zero-order chi connectivity index (χ0) is 12.6. The minimum atomic E-state index is 0.735. The van der Waals surface area contributed by atoms with Gasteiger partial charge in [-0.25, -0.2) is 4.98 Å². The van der Waals surface area contributed by atoms with Crippen LogP contribution < -0.4 is 0 Å². The number of hydrogen-bond donors (Lipinski definition) is 0. The van der Waals surface area contributed by atoms with Gasteiger partial charge in [-0.15, -0.1) is 0 Å². The Morgan fingerprint density at radius 3 is 2.41 bits per heavy atom. The van der Waals surface area contributed by atoms with Crippen LogP contribution in [0.25, 0.3) is 11.0 Å². The van der Waals surface area contributed by atoms with Gasteiger partial charge in [-0.3, -0.25) is 0 Å². The summed E-state index contributed by atoms with van der Waals surface area (Å²) >= 11 is 0. The van der Waals surface area contributed by atoms with Crippen molar-refractivity contribution in [2.24, 2.45) is 5.92 Å². The van der Waals surface area contributed by atoms with Crippen LogP contribution >= 0.6 is 0 Å². The van der Waals surface area contributed by atoms with E-state index < -0.39 is 0 Å². The van der Waals surface area contributed by atoms with Crippen molar-refractivity contribution in [2.45, 2.75) is 47.6 Å². The third kappa shape index (κ3) is 2.36. The maximum absolute atomic E-state index is 4.66. The Labute approximate surface area is 104 Å². The number of fused-ring (bicyclic) bond motifs is 1. The van der Waals surface area contributed by atoms with Crippen LogP contribution in [0.2, 0.25) is 0 Å². The summed E-state index contributed by atoms with van der Waals surface area (Å²) in [6, 6.07) is 4.47. The molecule has 1 heterocycles. The van der Waals surface area contributed by atoms with Crippen molar-refractivity contribution < 1.29 is 0 Å². The number of hydrogen-bond acceptors (Lipinski definition) is 1. The van der Waals surface area contributed by atoms with Gasteiger partial charge in [-0.1, -0.05) is 13.8 Å². The summed E-state index contributed by atoms with van der Waals surface area (Å²) in [7, 11) is 0. The van der Waals surface area contributed by atoms with Gasteiger partial charge >= 0.3 is 0 Å². The van der Waals surface area contributed by atoms with Gasteiger partial charge in [0, 0.05) is 6.54 Å². The van der Waals surface area contributed by atoms with Gasteiger partial charge in [0.1, 0.15) is 5.82 Å². The molecule has 0 radical (unpaired) electrons. The molecule has 0 saturated heterocycles. The van der Waals surface area contributed by atoms with E-state index in [0.29, 0.717) is 0 Å². The molecule has 0 atom stereocenters. The van der Waals surface area contributed by atoms with E-state index in [-0.39, 0.29) is 0 Å². The van der Waals surface area contributed by atoms with Crippen LogP contribution in [0, 0.1) is 26.7 Å². The first-order chi connectivity index (χ1) is 7.99. The minimum Gasteiger partial charge on any atom is -0.328 e. The van der Waals surface area contributed by atoms with Gasteiger partial charge < -0.3 is 4.57 Å². The summed E-state index contributed by atoms with van der Waals surface area (Å²) < 4.78 is 2.35. The second-order valence-electron chi connectivity index (χ2n) is 5.42. The molecule has 0 unspecified atom stereocenters. The van der Waals surface area contributed by atoms with Crippen molar-refractivity contribution in [2.75, 3.05) is 0 Å². The van der Waals surface area contributed by atoms with Crippen LogP contribution in [0.4, 0.5) is 0 Å². The summed E-state index contributed by atoms with van der Waals surface area (Å²) in [4.78, 5) is 4.66. The van der Waals surface area contributed by atoms with E-state index in [4.69, 9.17) is 0 Å².